The molecule has 1 unspecified atom stereocenters. The number of amides is 2. The Morgan fingerprint density at radius 1 is 1.47 bits per heavy atom. The van der Waals surface area contributed by atoms with Gasteiger partial charge in [-0.15, -0.1) is 0 Å². The summed E-state index contributed by atoms with van der Waals surface area (Å²) in [7, 11) is 0. The van der Waals surface area contributed by atoms with Crippen LogP contribution in [0.4, 0.5) is 4.79 Å². The molecule has 1 aliphatic rings. The summed E-state index contributed by atoms with van der Waals surface area (Å²) < 4.78 is 5.00. The average molecular weight is 244 g/mol. The molecule has 0 bridgehead atoms. The van der Waals surface area contributed by atoms with Gasteiger partial charge in [0.25, 0.3) is 0 Å². The molecule has 0 saturated carbocycles. The Hall–Kier alpha value is -1.30. The second-order valence-electron chi connectivity index (χ2n) is 5.14. The van der Waals surface area contributed by atoms with E-state index in [-0.39, 0.29) is 12.5 Å². The van der Waals surface area contributed by atoms with Crippen molar-refractivity contribution in [1.82, 2.24) is 10.2 Å². The van der Waals surface area contributed by atoms with E-state index in [0.29, 0.717) is 19.5 Å². The van der Waals surface area contributed by atoms with E-state index in [2.05, 4.69) is 5.32 Å². The first-order valence-corrected chi connectivity index (χ1v) is 5.70. The third-order valence-electron chi connectivity index (χ3n) is 2.30. The minimum Gasteiger partial charge on any atom is -0.444 e. The number of carbonyl (C=O) groups is 2. The second-order valence-corrected chi connectivity index (χ2v) is 5.14. The van der Waals surface area contributed by atoms with Crippen molar-refractivity contribution in [2.24, 2.45) is 0 Å². The van der Waals surface area contributed by atoms with Crippen LogP contribution in [-0.4, -0.2) is 53.3 Å². The molecule has 6 heteroatoms. The van der Waals surface area contributed by atoms with E-state index in [1.54, 1.807) is 20.8 Å². The van der Waals surface area contributed by atoms with Crippen LogP contribution in [0, 0.1) is 0 Å². The highest BCUT2D eigenvalue weighted by Gasteiger charge is 2.25. The fourth-order valence-electron chi connectivity index (χ4n) is 1.54. The first-order chi connectivity index (χ1) is 7.78. The minimum absolute atomic E-state index is 0.0956. The van der Waals surface area contributed by atoms with Crippen LogP contribution in [0.5, 0.6) is 0 Å². The number of likely N-dealkylation sites (tertiary alicyclic amines) is 1. The van der Waals surface area contributed by atoms with E-state index in [4.69, 9.17) is 4.74 Å². The summed E-state index contributed by atoms with van der Waals surface area (Å²) in [4.78, 5) is 24.4. The van der Waals surface area contributed by atoms with Crippen LogP contribution >= 0.6 is 0 Å². The smallest absolute Gasteiger partial charge is 0.408 e. The van der Waals surface area contributed by atoms with Gasteiger partial charge >= 0.3 is 6.09 Å². The lowest BCUT2D eigenvalue weighted by Gasteiger charge is -2.20. The maximum atomic E-state index is 11.6. The van der Waals surface area contributed by atoms with Crippen LogP contribution < -0.4 is 5.32 Å². The van der Waals surface area contributed by atoms with Gasteiger partial charge in [-0.25, -0.2) is 4.79 Å². The Morgan fingerprint density at radius 2 is 2.12 bits per heavy atom. The molecule has 1 fully saturated rings. The Balaban J connectivity index is 2.26. The number of nitrogens with zero attached hydrogens (tertiary/aromatic N) is 1. The van der Waals surface area contributed by atoms with Crippen molar-refractivity contribution in [1.29, 1.82) is 0 Å². The van der Waals surface area contributed by atoms with Crippen molar-refractivity contribution < 1.29 is 19.4 Å². The summed E-state index contributed by atoms with van der Waals surface area (Å²) in [6.45, 7) is 6.05. The molecule has 1 aliphatic heterocycles. The number of aliphatic hydroxyl groups excluding tert-OH is 1. The van der Waals surface area contributed by atoms with Gasteiger partial charge in [-0.2, -0.15) is 0 Å². The molecule has 1 heterocycles. The summed E-state index contributed by atoms with van der Waals surface area (Å²) in [6.07, 6.45) is -0.455. The van der Waals surface area contributed by atoms with E-state index >= 15 is 0 Å². The number of hydrogen-bond acceptors (Lipinski definition) is 4. The summed E-state index contributed by atoms with van der Waals surface area (Å²) in [5.41, 5.74) is -0.572. The van der Waals surface area contributed by atoms with Gasteiger partial charge in [-0.1, -0.05) is 0 Å². The van der Waals surface area contributed by atoms with Crippen LogP contribution in [0.25, 0.3) is 0 Å². The number of β-amino-alcohol motifs (C(OH)–C–C–N with tert-alkyl or cyclic N) is 1. The first kappa shape index (κ1) is 13.8. The van der Waals surface area contributed by atoms with Crippen molar-refractivity contribution in [2.45, 2.75) is 38.9 Å². The molecule has 98 valence electrons. The molecule has 1 rings (SSSR count). The van der Waals surface area contributed by atoms with Crippen LogP contribution in [0.2, 0.25) is 0 Å². The fraction of sp³-hybridized carbons (Fsp3) is 0.818. The molecule has 0 aromatic carbocycles. The monoisotopic (exact) mass is 244 g/mol. The van der Waals surface area contributed by atoms with E-state index in [9.17, 15) is 14.7 Å². The van der Waals surface area contributed by atoms with Gasteiger partial charge in [-0.3, -0.25) is 4.79 Å². The van der Waals surface area contributed by atoms with E-state index in [1.807, 2.05) is 0 Å². The van der Waals surface area contributed by atoms with Gasteiger partial charge in [0.05, 0.1) is 6.10 Å². The number of nitrogens with one attached hydrogen (secondary N) is 1. The van der Waals surface area contributed by atoms with Gasteiger partial charge in [0.15, 0.2) is 0 Å². The zero-order valence-corrected chi connectivity index (χ0v) is 10.5. The molecule has 2 amide bonds. The predicted molar refractivity (Wildman–Crippen MR) is 61.4 cm³/mol. The lowest BCUT2D eigenvalue weighted by molar-refractivity contribution is -0.129. The Bertz CT molecular complexity index is 298. The van der Waals surface area contributed by atoms with Crippen LogP contribution in [-0.2, 0) is 9.53 Å². The minimum atomic E-state index is -0.606. The average Bonchev–Trinajstić information content (AvgIpc) is 2.58. The molecule has 0 aromatic heterocycles. The highest BCUT2D eigenvalue weighted by Crippen LogP contribution is 2.09. The summed E-state index contributed by atoms with van der Waals surface area (Å²) in [5.74, 6) is -0.201. The lowest BCUT2D eigenvalue weighted by atomic mass is 10.2. The predicted octanol–water partition coefficient (Wildman–Crippen LogP) is 0.104. The first-order valence-electron chi connectivity index (χ1n) is 5.70. The number of alkyl carbamates (subject to hydrolysis) is 1. The molecule has 0 spiro atoms. The van der Waals surface area contributed by atoms with Gasteiger partial charge in [0.1, 0.15) is 12.1 Å². The van der Waals surface area contributed by atoms with E-state index in [1.165, 1.54) is 4.90 Å². The number of hydrogen-bond donors (Lipinski definition) is 2. The maximum Gasteiger partial charge on any atom is 0.408 e. The molecule has 0 aliphatic carbocycles. The van der Waals surface area contributed by atoms with Crippen LogP contribution in [0.3, 0.4) is 0 Å². The molecular weight excluding hydrogens is 224 g/mol. The van der Waals surface area contributed by atoms with Crippen molar-refractivity contribution in [2.75, 3.05) is 19.6 Å². The largest absolute Gasteiger partial charge is 0.444 e. The zero-order valence-electron chi connectivity index (χ0n) is 10.5. The van der Waals surface area contributed by atoms with Gasteiger partial charge in [-0.05, 0) is 27.2 Å². The number of aliphatic hydroxyl groups is 1. The standard InChI is InChI=1S/C11H20N2O4/c1-11(2,3)17-10(16)12-6-9(15)13-5-4-8(14)7-13/h8,14H,4-7H2,1-3H3,(H,12,16). The van der Waals surface area contributed by atoms with Gasteiger partial charge in [0, 0.05) is 13.1 Å². The topological polar surface area (TPSA) is 78.9 Å². The third kappa shape index (κ3) is 5.04. The van der Waals surface area contributed by atoms with Crippen molar-refractivity contribution in [3.05, 3.63) is 0 Å². The highest BCUT2D eigenvalue weighted by molar-refractivity contribution is 5.82. The summed E-state index contributed by atoms with van der Waals surface area (Å²) in [5, 5.41) is 11.7. The molecule has 6 nitrogen and oxygen atoms in total. The number of carbonyl (C=O) groups excluding carboxylic acids is 2. The Labute approximate surface area is 101 Å². The normalized spacial score (nSPS) is 20.2. The van der Waals surface area contributed by atoms with Gasteiger partial charge in [0.2, 0.25) is 5.91 Å². The molecule has 1 atom stereocenters. The molecule has 2 N–H and O–H groups in total. The van der Waals surface area contributed by atoms with Gasteiger partial charge < -0.3 is 20.1 Å². The second kappa shape index (κ2) is 5.35. The third-order valence-corrected chi connectivity index (χ3v) is 2.30. The molecule has 0 aromatic rings. The highest BCUT2D eigenvalue weighted by atomic mass is 16.6. The Kier molecular flexibility index (Phi) is 4.34. The van der Waals surface area contributed by atoms with E-state index < -0.39 is 17.8 Å². The molecule has 0 radical (unpaired) electrons. The number of rotatable bonds is 2. The quantitative estimate of drug-likeness (QED) is 0.722. The lowest BCUT2D eigenvalue weighted by Crippen LogP contribution is -2.41. The maximum absolute atomic E-state index is 11.6. The SMILES string of the molecule is CC(C)(C)OC(=O)NCC(=O)N1CCC(O)C1. The summed E-state index contributed by atoms with van der Waals surface area (Å²) in [6, 6.07) is 0. The van der Waals surface area contributed by atoms with Crippen LogP contribution in [0.1, 0.15) is 27.2 Å². The fourth-order valence-corrected chi connectivity index (χ4v) is 1.54. The molecule has 1 saturated heterocycles. The molecule has 17 heavy (non-hydrogen) atoms. The number of ether oxygens (including phenoxy) is 1. The van der Waals surface area contributed by atoms with Crippen molar-refractivity contribution in [3.63, 3.8) is 0 Å². The van der Waals surface area contributed by atoms with Crippen molar-refractivity contribution in [3.8, 4) is 0 Å². The summed E-state index contributed by atoms with van der Waals surface area (Å²) >= 11 is 0. The Morgan fingerprint density at radius 3 is 2.59 bits per heavy atom. The van der Waals surface area contributed by atoms with E-state index in [0.717, 1.165) is 0 Å². The zero-order chi connectivity index (χ0) is 13.1. The van der Waals surface area contributed by atoms with Crippen molar-refractivity contribution >= 4 is 12.0 Å². The molecular formula is C11H20N2O4. The van der Waals surface area contributed by atoms with Crippen LogP contribution in [0.15, 0.2) is 0 Å².